The third kappa shape index (κ3) is 1.86. The molecule has 0 spiro atoms. The van der Waals surface area contributed by atoms with Crippen LogP contribution in [0.15, 0.2) is 29.2 Å². The second kappa shape index (κ2) is 4.04. The molecular weight excluding hydrogens is 260 g/mol. The van der Waals surface area contributed by atoms with E-state index < -0.39 is 15.1 Å². The summed E-state index contributed by atoms with van der Waals surface area (Å²) in [6, 6.07) is 3.85. The van der Waals surface area contributed by atoms with Crippen LogP contribution in [0.1, 0.15) is 23.1 Å². The van der Waals surface area contributed by atoms with Crippen LogP contribution in [0.3, 0.4) is 0 Å². The molecule has 3 rings (SSSR count). The van der Waals surface area contributed by atoms with Gasteiger partial charge in [-0.3, -0.25) is 4.79 Å². The molecule has 100 valence electrons. The lowest BCUT2D eigenvalue weighted by molar-refractivity contribution is -0.115. The van der Waals surface area contributed by atoms with Crippen LogP contribution < -0.4 is 0 Å². The Labute approximate surface area is 113 Å². The quantitative estimate of drug-likeness (QED) is 0.729. The van der Waals surface area contributed by atoms with Crippen molar-refractivity contribution in [1.82, 2.24) is 0 Å². The van der Waals surface area contributed by atoms with Gasteiger partial charge in [0.15, 0.2) is 15.6 Å². The molecule has 1 aromatic rings. The lowest BCUT2D eigenvalue weighted by Gasteiger charge is -2.33. The van der Waals surface area contributed by atoms with E-state index in [1.165, 1.54) is 6.08 Å². The number of allylic oxidation sites excluding steroid dienone is 1. The molecule has 4 heteroatoms. The first-order valence-electron chi connectivity index (χ1n) is 6.44. The van der Waals surface area contributed by atoms with Gasteiger partial charge in [-0.1, -0.05) is 23.8 Å². The van der Waals surface area contributed by atoms with Crippen molar-refractivity contribution >= 4 is 15.6 Å². The Morgan fingerprint density at radius 2 is 1.89 bits per heavy atom. The van der Waals surface area contributed by atoms with E-state index in [4.69, 9.17) is 0 Å². The van der Waals surface area contributed by atoms with Gasteiger partial charge in [-0.25, -0.2) is 8.42 Å². The Kier molecular flexibility index (Phi) is 2.68. The van der Waals surface area contributed by atoms with Crippen LogP contribution in [0.25, 0.3) is 0 Å². The summed E-state index contributed by atoms with van der Waals surface area (Å²) in [4.78, 5) is 12.0. The summed E-state index contributed by atoms with van der Waals surface area (Å²) in [7, 11) is -3.35. The number of ketones is 1. The van der Waals surface area contributed by atoms with Gasteiger partial charge >= 0.3 is 0 Å². The molecule has 1 aliphatic carbocycles. The molecule has 0 aromatic heterocycles. The lowest BCUT2D eigenvalue weighted by Crippen LogP contribution is -2.38. The zero-order chi connectivity index (χ0) is 13.8. The van der Waals surface area contributed by atoms with Crippen LogP contribution >= 0.6 is 0 Å². The summed E-state index contributed by atoms with van der Waals surface area (Å²) in [6.45, 7) is 3.82. The molecular formula is C15H16O3S. The molecule has 2 atom stereocenters. The van der Waals surface area contributed by atoms with Crippen LogP contribution in [-0.2, 0) is 21.1 Å². The van der Waals surface area contributed by atoms with Crippen LogP contribution in [0.2, 0.25) is 0 Å². The number of hydrogen-bond acceptors (Lipinski definition) is 3. The van der Waals surface area contributed by atoms with E-state index in [1.54, 1.807) is 6.08 Å². The Bertz CT molecular complexity index is 698. The smallest absolute Gasteiger partial charge is 0.185 e. The first-order valence-corrected chi connectivity index (χ1v) is 7.99. The fourth-order valence-corrected chi connectivity index (χ4v) is 5.64. The van der Waals surface area contributed by atoms with Crippen molar-refractivity contribution in [3.05, 3.63) is 41.0 Å². The third-order valence-electron chi connectivity index (χ3n) is 4.02. The number of hydrogen-bond donors (Lipinski definition) is 0. The molecule has 1 aliphatic heterocycles. The fourth-order valence-electron chi connectivity index (χ4n) is 3.37. The minimum absolute atomic E-state index is 0.0317. The molecule has 1 heterocycles. The number of carbonyl (C=O) groups is 1. The number of carbonyl (C=O) groups excluding carboxylic acids is 1. The first kappa shape index (κ1) is 12.6. The van der Waals surface area contributed by atoms with Gasteiger partial charge in [0.05, 0.1) is 10.1 Å². The highest BCUT2D eigenvalue weighted by atomic mass is 32.2. The highest BCUT2D eigenvalue weighted by Gasteiger charge is 2.42. The molecule has 0 bridgehead atoms. The molecule has 0 fully saturated rings. The van der Waals surface area contributed by atoms with Crippen molar-refractivity contribution in [2.45, 2.75) is 36.8 Å². The van der Waals surface area contributed by atoms with Gasteiger partial charge < -0.3 is 0 Å². The highest BCUT2D eigenvalue weighted by Crippen LogP contribution is 2.39. The Morgan fingerprint density at radius 1 is 1.16 bits per heavy atom. The second-order valence-corrected chi connectivity index (χ2v) is 7.62. The van der Waals surface area contributed by atoms with Gasteiger partial charge in [-0.15, -0.1) is 0 Å². The van der Waals surface area contributed by atoms with Crippen LogP contribution in [0.4, 0.5) is 0 Å². The molecule has 0 N–H and O–H groups in total. The summed E-state index contributed by atoms with van der Waals surface area (Å²) in [5.74, 6) is -0.0690. The molecule has 2 aliphatic rings. The second-order valence-electron chi connectivity index (χ2n) is 5.57. The number of benzene rings is 1. The van der Waals surface area contributed by atoms with E-state index >= 15 is 0 Å². The molecule has 2 unspecified atom stereocenters. The van der Waals surface area contributed by atoms with Gasteiger partial charge in [-0.05, 0) is 43.4 Å². The molecule has 3 nitrogen and oxygen atoms in total. The predicted octanol–water partition coefficient (Wildman–Crippen LogP) is 2.15. The van der Waals surface area contributed by atoms with E-state index in [2.05, 4.69) is 0 Å². The van der Waals surface area contributed by atoms with Crippen molar-refractivity contribution in [2.75, 3.05) is 0 Å². The number of rotatable bonds is 0. The number of aryl methyl sites for hydroxylation is 2. The van der Waals surface area contributed by atoms with Crippen molar-refractivity contribution in [2.24, 2.45) is 5.92 Å². The van der Waals surface area contributed by atoms with Crippen LogP contribution in [-0.4, -0.2) is 19.5 Å². The summed E-state index contributed by atoms with van der Waals surface area (Å²) >= 11 is 0. The monoisotopic (exact) mass is 276 g/mol. The van der Waals surface area contributed by atoms with E-state index in [0.29, 0.717) is 17.7 Å². The summed E-state index contributed by atoms with van der Waals surface area (Å²) in [5, 5.41) is -0.529. The van der Waals surface area contributed by atoms with Crippen molar-refractivity contribution in [3.63, 3.8) is 0 Å². The zero-order valence-electron chi connectivity index (χ0n) is 11.0. The standard InChI is InChI=1S/C15H16O3S/c1-9-5-10(2)15-12(6-9)7-11-8-13(16)3-4-14(11)19(15,17)18/h3-6,11,14H,7-8H2,1-2H3. The number of fused-ring (bicyclic) bond motifs is 2. The molecule has 0 amide bonds. The van der Waals surface area contributed by atoms with Crippen LogP contribution in [0.5, 0.6) is 0 Å². The van der Waals surface area contributed by atoms with Gasteiger partial charge in [0, 0.05) is 6.42 Å². The maximum Gasteiger partial charge on any atom is 0.185 e. The molecule has 0 saturated heterocycles. The number of sulfone groups is 1. The molecule has 0 saturated carbocycles. The maximum absolute atomic E-state index is 12.7. The van der Waals surface area contributed by atoms with E-state index in [0.717, 1.165) is 16.7 Å². The summed E-state index contributed by atoms with van der Waals surface area (Å²) < 4.78 is 25.4. The van der Waals surface area contributed by atoms with Crippen molar-refractivity contribution < 1.29 is 13.2 Å². The average Bonchev–Trinajstić information content (AvgIpc) is 2.25. The average molecular weight is 276 g/mol. The van der Waals surface area contributed by atoms with Gasteiger partial charge in [0.1, 0.15) is 0 Å². The summed E-state index contributed by atoms with van der Waals surface area (Å²) in [6.07, 6.45) is 4.02. The first-order chi connectivity index (χ1) is 8.89. The minimum atomic E-state index is -3.35. The Morgan fingerprint density at radius 3 is 2.63 bits per heavy atom. The van der Waals surface area contributed by atoms with Gasteiger partial charge in [0.25, 0.3) is 0 Å². The lowest BCUT2D eigenvalue weighted by atomic mass is 9.86. The van der Waals surface area contributed by atoms with Crippen molar-refractivity contribution in [1.29, 1.82) is 0 Å². The Hall–Kier alpha value is -1.42. The molecule has 1 aromatic carbocycles. The van der Waals surface area contributed by atoms with Crippen molar-refractivity contribution in [3.8, 4) is 0 Å². The van der Waals surface area contributed by atoms with E-state index in [-0.39, 0.29) is 11.7 Å². The largest absolute Gasteiger partial charge is 0.295 e. The normalized spacial score (nSPS) is 27.8. The van der Waals surface area contributed by atoms with Gasteiger partial charge in [-0.2, -0.15) is 0 Å². The third-order valence-corrected chi connectivity index (χ3v) is 6.43. The predicted molar refractivity (Wildman–Crippen MR) is 72.8 cm³/mol. The molecule has 19 heavy (non-hydrogen) atoms. The Balaban J connectivity index is 2.24. The maximum atomic E-state index is 12.7. The minimum Gasteiger partial charge on any atom is -0.295 e. The summed E-state index contributed by atoms with van der Waals surface area (Å²) in [5.41, 5.74) is 2.77. The zero-order valence-corrected chi connectivity index (χ0v) is 11.8. The molecule has 0 radical (unpaired) electrons. The fraction of sp³-hybridized carbons (Fsp3) is 0.400. The SMILES string of the molecule is Cc1cc(C)c2c(c1)CC1CC(=O)C=CC1S2(=O)=O. The van der Waals surface area contributed by atoms with E-state index in [9.17, 15) is 13.2 Å². The van der Waals surface area contributed by atoms with Crippen LogP contribution in [0, 0.1) is 19.8 Å². The highest BCUT2D eigenvalue weighted by molar-refractivity contribution is 7.92. The van der Waals surface area contributed by atoms with E-state index in [1.807, 2.05) is 26.0 Å². The topological polar surface area (TPSA) is 51.2 Å². The van der Waals surface area contributed by atoms with Gasteiger partial charge in [0.2, 0.25) is 0 Å².